The molecule has 1 saturated heterocycles. The molecule has 0 amide bonds. The Morgan fingerprint density at radius 3 is 2.52 bits per heavy atom. The highest BCUT2D eigenvalue weighted by molar-refractivity contribution is 5.61. The SMILES string of the molecule is CC1CC(c2cc(N)cc(N3CCCC3)c2)(c2nncn2C)C1. The second kappa shape index (κ2) is 5.25. The zero-order valence-corrected chi connectivity index (χ0v) is 14.0. The Kier molecular flexibility index (Phi) is 3.32. The van der Waals surface area contributed by atoms with Crippen LogP contribution in [0.4, 0.5) is 11.4 Å². The van der Waals surface area contributed by atoms with Crippen molar-refractivity contribution in [3.63, 3.8) is 0 Å². The molecule has 1 aromatic carbocycles. The van der Waals surface area contributed by atoms with E-state index in [0.29, 0.717) is 5.92 Å². The standard InChI is InChI=1S/C18H25N5/c1-13-10-18(11-13,17-21-20-12-22(17)2)14-7-15(19)9-16(8-14)23-5-3-4-6-23/h7-9,12-13H,3-6,10-11,19H2,1-2H3. The van der Waals surface area contributed by atoms with E-state index in [1.165, 1.54) is 24.1 Å². The molecule has 122 valence electrons. The van der Waals surface area contributed by atoms with Crippen LogP contribution in [0.5, 0.6) is 0 Å². The summed E-state index contributed by atoms with van der Waals surface area (Å²) >= 11 is 0. The van der Waals surface area contributed by atoms with Crippen molar-refractivity contribution >= 4 is 11.4 Å². The zero-order valence-electron chi connectivity index (χ0n) is 14.0. The molecule has 1 aliphatic carbocycles. The number of nitrogens with zero attached hydrogens (tertiary/aromatic N) is 4. The zero-order chi connectivity index (χ0) is 16.0. The van der Waals surface area contributed by atoms with Crippen LogP contribution in [0.2, 0.25) is 0 Å². The van der Waals surface area contributed by atoms with Crippen LogP contribution in [-0.4, -0.2) is 27.9 Å². The number of hydrogen-bond acceptors (Lipinski definition) is 4. The van der Waals surface area contributed by atoms with Gasteiger partial charge in [-0.3, -0.25) is 0 Å². The topological polar surface area (TPSA) is 60.0 Å². The lowest BCUT2D eigenvalue weighted by Gasteiger charge is -2.46. The van der Waals surface area contributed by atoms with Crippen LogP contribution in [-0.2, 0) is 12.5 Å². The molecule has 0 atom stereocenters. The van der Waals surface area contributed by atoms with E-state index in [9.17, 15) is 0 Å². The molecule has 2 N–H and O–H groups in total. The number of anilines is 2. The molecule has 2 fully saturated rings. The van der Waals surface area contributed by atoms with Crippen LogP contribution in [0, 0.1) is 5.92 Å². The minimum Gasteiger partial charge on any atom is -0.399 e. The highest BCUT2D eigenvalue weighted by Crippen LogP contribution is 2.52. The average Bonchev–Trinajstić information content (AvgIpc) is 3.14. The van der Waals surface area contributed by atoms with Gasteiger partial charge in [-0.25, -0.2) is 0 Å². The van der Waals surface area contributed by atoms with Crippen molar-refractivity contribution in [2.75, 3.05) is 23.7 Å². The largest absolute Gasteiger partial charge is 0.399 e. The molecule has 2 heterocycles. The van der Waals surface area contributed by atoms with Gasteiger partial charge in [0.1, 0.15) is 12.2 Å². The van der Waals surface area contributed by atoms with Crippen molar-refractivity contribution in [1.29, 1.82) is 0 Å². The van der Waals surface area contributed by atoms with Crippen LogP contribution in [0.1, 0.15) is 44.0 Å². The van der Waals surface area contributed by atoms with Gasteiger partial charge < -0.3 is 15.2 Å². The molecule has 0 unspecified atom stereocenters. The van der Waals surface area contributed by atoms with Gasteiger partial charge in [-0.1, -0.05) is 6.92 Å². The third kappa shape index (κ3) is 2.30. The summed E-state index contributed by atoms with van der Waals surface area (Å²) in [7, 11) is 2.04. The van der Waals surface area contributed by atoms with E-state index >= 15 is 0 Å². The number of hydrogen-bond donors (Lipinski definition) is 1. The van der Waals surface area contributed by atoms with Gasteiger partial charge in [-0.2, -0.15) is 0 Å². The van der Waals surface area contributed by atoms with E-state index < -0.39 is 0 Å². The van der Waals surface area contributed by atoms with Crippen molar-refractivity contribution in [2.24, 2.45) is 13.0 Å². The quantitative estimate of drug-likeness (QED) is 0.885. The Morgan fingerprint density at radius 2 is 1.91 bits per heavy atom. The number of nitrogen functional groups attached to an aromatic ring is 1. The number of aromatic nitrogens is 3. The first kappa shape index (κ1) is 14.5. The van der Waals surface area contributed by atoms with Crippen LogP contribution >= 0.6 is 0 Å². The molecular formula is C18H25N5. The second-order valence-electron chi connectivity index (χ2n) is 7.37. The number of nitrogens with two attached hydrogens (primary N) is 1. The molecular weight excluding hydrogens is 286 g/mol. The summed E-state index contributed by atoms with van der Waals surface area (Å²) in [5.74, 6) is 1.77. The maximum atomic E-state index is 6.26. The molecule has 5 heteroatoms. The summed E-state index contributed by atoms with van der Waals surface area (Å²) in [5, 5.41) is 8.55. The summed E-state index contributed by atoms with van der Waals surface area (Å²) in [6.07, 6.45) is 6.57. The molecule has 0 radical (unpaired) electrons. The number of aryl methyl sites for hydroxylation is 1. The molecule has 23 heavy (non-hydrogen) atoms. The Morgan fingerprint density at radius 1 is 1.17 bits per heavy atom. The van der Waals surface area contributed by atoms with Crippen molar-refractivity contribution in [3.05, 3.63) is 35.9 Å². The van der Waals surface area contributed by atoms with Gasteiger partial charge in [0.05, 0.1) is 5.41 Å². The Labute approximate surface area is 137 Å². The Balaban J connectivity index is 1.79. The molecule has 1 aromatic heterocycles. The fourth-order valence-electron chi connectivity index (χ4n) is 4.46. The van der Waals surface area contributed by atoms with Gasteiger partial charge in [0, 0.05) is 31.5 Å². The maximum absolute atomic E-state index is 6.26. The fraction of sp³-hybridized carbons (Fsp3) is 0.556. The third-order valence-electron chi connectivity index (χ3n) is 5.50. The second-order valence-corrected chi connectivity index (χ2v) is 7.37. The van der Waals surface area contributed by atoms with Gasteiger partial charge in [-0.15, -0.1) is 10.2 Å². The van der Waals surface area contributed by atoms with Gasteiger partial charge >= 0.3 is 0 Å². The molecule has 5 nitrogen and oxygen atoms in total. The predicted octanol–water partition coefficient (Wildman–Crippen LogP) is 2.71. The van der Waals surface area contributed by atoms with Crippen molar-refractivity contribution < 1.29 is 0 Å². The van der Waals surface area contributed by atoms with Crippen molar-refractivity contribution in [1.82, 2.24) is 14.8 Å². The van der Waals surface area contributed by atoms with E-state index in [2.05, 4.69) is 44.8 Å². The lowest BCUT2D eigenvalue weighted by atomic mass is 9.58. The molecule has 0 bridgehead atoms. The van der Waals surface area contributed by atoms with Gasteiger partial charge in [0.15, 0.2) is 0 Å². The molecule has 4 rings (SSSR count). The van der Waals surface area contributed by atoms with E-state index in [1.54, 1.807) is 6.33 Å². The van der Waals surface area contributed by atoms with Crippen LogP contribution < -0.4 is 10.6 Å². The monoisotopic (exact) mass is 311 g/mol. The highest BCUT2D eigenvalue weighted by atomic mass is 15.3. The molecule has 1 saturated carbocycles. The lowest BCUT2D eigenvalue weighted by Crippen LogP contribution is -2.43. The first-order valence-electron chi connectivity index (χ1n) is 8.59. The van der Waals surface area contributed by atoms with Gasteiger partial charge in [0.25, 0.3) is 0 Å². The summed E-state index contributed by atoms with van der Waals surface area (Å²) in [6.45, 7) is 4.58. The van der Waals surface area contributed by atoms with Crippen LogP contribution in [0.15, 0.2) is 24.5 Å². The van der Waals surface area contributed by atoms with Crippen LogP contribution in [0.25, 0.3) is 0 Å². The summed E-state index contributed by atoms with van der Waals surface area (Å²) in [5.41, 5.74) is 9.64. The lowest BCUT2D eigenvalue weighted by molar-refractivity contribution is 0.185. The summed E-state index contributed by atoms with van der Waals surface area (Å²) < 4.78 is 2.06. The molecule has 1 aliphatic heterocycles. The summed E-state index contributed by atoms with van der Waals surface area (Å²) in [4.78, 5) is 2.45. The van der Waals surface area contributed by atoms with Crippen molar-refractivity contribution in [3.8, 4) is 0 Å². The third-order valence-corrected chi connectivity index (χ3v) is 5.50. The van der Waals surface area contributed by atoms with Gasteiger partial charge in [0.2, 0.25) is 0 Å². The fourth-order valence-corrected chi connectivity index (χ4v) is 4.46. The highest BCUT2D eigenvalue weighted by Gasteiger charge is 2.48. The number of benzene rings is 1. The first-order chi connectivity index (χ1) is 11.1. The van der Waals surface area contributed by atoms with E-state index in [-0.39, 0.29) is 5.41 Å². The summed E-state index contributed by atoms with van der Waals surface area (Å²) in [6, 6.07) is 6.59. The average molecular weight is 311 g/mol. The first-order valence-corrected chi connectivity index (χ1v) is 8.59. The minimum atomic E-state index is -0.0332. The predicted molar refractivity (Wildman–Crippen MR) is 92.5 cm³/mol. The number of rotatable bonds is 3. The smallest absolute Gasteiger partial charge is 0.143 e. The maximum Gasteiger partial charge on any atom is 0.143 e. The van der Waals surface area contributed by atoms with E-state index in [4.69, 9.17) is 5.73 Å². The molecule has 0 spiro atoms. The van der Waals surface area contributed by atoms with Crippen LogP contribution in [0.3, 0.4) is 0 Å². The van der Waals surface area contributed by atoms with Gasteiger partial charge in [-0.05, 0) is 55.4 Å². The Bertz CT molecular complexity index is 708. The molecule has 2 aromatic rings. The van der Waals surface area contributed by atoms with E-state index in [0.717, 1.165) is 37.4 Å². The minimum absolute atomic E-state index is 0.0332. The molecule has 2 aliphatic rings. The van der Waals surface area contributed by atoms with E-state index in [1.807, 2.05) is 7.05 Å². The normalized spacial score (nSPS) is 27.2. The van der Waals surface area contributed by atoms with Crippen molar-refractivity contribution in [2.45, 2.75) is 38.0 Å². The Hall–Kier alpha value is -2.04.